The van der Waals surface area contributed by atoms with E-state index in [0.717, 1.165) is 13.0 Å². The number of aromatic nitrogens is 1. The summed E-state index contributed by atoms with van der Waals surface area (Å²) in [7, 11) is 7.43. The van der Waals surface area contributed by atoms with Crippen LogP contribution < -0.4 is 5.56 Å². The molecule has 0 aliphatic rings. The molecule has 1 rings (SSSR count). The van der Waals surface area contributed by atoms with E-state index >= 15 is 0 Å². The molecule has 1 aromatic heterocycles. The van der Waals surface area contributed by atoms with E-state index in [1.807, 2.05) is 14.1 Å². The predicted octanol–water partition coefficient (Wildman–Crippen LogP) is 0.409. The van der Waals surface area contributed by atoms with Gasteiger partial charge in [0.1, 0.15) is 0 Å². The van der Waals surface area contributed by atoms with Gasteiger partial charge in [0.15, 0.2) is 0 Å². The fraction of sp³-hybridized carbons (Fsp3) is 0.538. The molecule has 0 bridgehead atoms. The number of hydrogen-bond acceptors (Lipinski definition) is 3. The van der Waals surface area contributed by atoms with Gasteiger partial charge in [-0.15, -0.1) is 0 Å². The largest absolute Gasteiger partial charge is 0.342 e. The summed E-state index contributed by atoms with van der Waals surface area (Å²) in [5.74, 6) is -0.105. The lowest BCUT2D eigenvalue weighted by molar-refractivity contribution is 0.0790. The summed E-state index contributed by atoms with van der Waals surface area (Å²) in [5.41, 5.74) is 0.285. The van der Waals surface area contributed by atoms with Crippen LogP contribution in [0.15, 0.2) is 23.1 Å². The first-order chi connectivity index (χ1) is 8.41. The molecule has 0 aliphatic heterocycles. The van der Waals surface area contributed by atoms with Gasteiger partial charge in [-0.25, -0.2) is 0 Å². The molecule has 0 unspecified atom stereocenters. The third kappa shape index (κ3) is 4.00. The van der Waals surface area contributed by atoms with Gasteiger partial charge in [0.2, 0.25) is 0 Å². The van der Waals surface area contributed by atoms with Gasteiger partial charge in [0.05, 0.1) is 0 Å². The van der Waals surface area contributed by atoms with E-state index in [0.29, 0.717) is 12.1 Å². The molecular weight excluding hydrogens is 230 g/mol. The molecule has 0 N–H and O–H groups in total. The molecule has 0 spiro atoms. The van der Waals surface area contributed by atoms with Crippen molar-refractivity contribution in [2.24, 2.45) is 7.05 Å². The Morgan fingerprint density at radius 3 is 2.50 bits per heavy atom. The minimum Gasteiger partial charge on any atom is -0.342 e. The topological polar surface area (TPSA) is 45.5 Å². The molecule has 0 radical (unpaired) electrons. The fourth-order valence-corrected chi connectivity index (χ4v) is 1.63. The molecular formula is C13H21N3O2. The number of carbonyl (C=O) groups excluding carboxylic acids is 1. The summed E-state index contributed by atoms with van der Waals surface area (Å²) in [5, 5.41) is 0. The highest BCUT2D eigenvalue weighted by Gasteiger charge is 2.12. The van der Waals surface area contributed by atoms with Crippen LogP contribution >= 0.6 is 0 Å². The van der Waals surface area contributed by atoms with Gasteiger partial charge in [0, 0.05) is 38.5 Å². The number of hydrogen-bond donors (Lipinski definition) is 0. The zero-order valence-electron chi connectivity index (χ0n) is 11.5. The standard InChI is InChI=1S/C13H21N3O2/c1-14(2)7-5-8-16(4)13(18)11-6-9-15(3)12(17)10-11/h6,9-10H,5,7-8H2,1-4H3. The minimum atomic E-state index is -0.164. The van der Waals surface area contributed by atoms with Crippen molar-refractivity contribution in [1.82, 2.24) is 14.4 Å². The van der Waals surface area contributed by atoms with Crippen LogP contribution in [0.1, 0.15) is 16.8 Å². The molecule has 1 heterocycles. The maximum Gasteiger partial charge on any atom is 0.253 e. The normalized spacial score (nSPS) is 10.7. The number of amides is 1. The van der Waals surface area contributed by atoms with Crippen molar-refractivity contribution >= 4 is 5.91 Å². The first-order valence-electron chi connectivity index (χ1n) is 5.98. The number of pyridine rings is 1. The van der Waals surface area contributed by atoms with Gasteiger partial charge in [0.25, 0.3) is 11.5 Å². The highest BCUT2D eigenvalue weighted by Crippen LogP contribution is 2.01. The van der Waals surface area contributed by atoms with E-state index < -0.39 is 0 Å². The summed E-state index contributed by atoms with van der Waals surface area (Å²) < 4.78 is 1.45. The predicted molar refractivity (Wildman–Crippen MR) is 71.8 cm³/mol. The van der Waals surface area contributed by atoms with Crippen LogP contribution in [0.5, 0.6) is 0 Å². The third-order valence-electron chi connectivity index (χ3n) is 2.80. The van der Waals surface area contributed by atoms with Gasteiger partial charge in [-0.1, -0.05) is 0 Å². The molecule has 0 aliphatic carbocycles. The highest BCUT2D eigenvalue weighted by atomic mass is 16.2. The van der Waals surface area contributed by atoms with E-state index in [1.165, 1.54) is 10.6 Å². The fourth-order valence-electron chi connectivity index (χ4n) is 1.63. The molecule has 100 valence electrons. The van der Waals surface area contributed by atoms with Crippen LogP contribution in [0.4, 0.5) is 0 Å². The van der Waals surface area contributed by atoms with E-state index in [9.17, 15) is 9.59 Å². The van der Waals surface area contributed by atoms with Crippen molar-refractivity contribution in [1.29, 1.82) is 0 Å². The van der Waals surface area contributed by atoms with Crippen molar-refractivity contribution in [2.75, 3.05) is 34.2 Å². The van der Waals surface area contributed by atoms with Gasteiger partial charge in [-0.3, -0.25) is 9.59 Å². The zero-order valence-corrected chi connectivity index (χ0v) is 11.5. The van der Waals surface area contributed by atoms with Crippen LogP contribution in [0.25, 0.3) is 0 Å². The summed E-state index contributed by atoms with van der Waals surface area (Å²) in [4.78, 5) is 27.2. The third-order valence-corrected chi connectivity index (χ3v) is 2.80. The summed E-state index contributed by atoms with van der Waals surface area (Å²) in [6.45, 7) is 1.63. The van der Waals surface area contributed by atoms with Gasteiger partial charge in [-0.2, -0.15) is 0 Å². The molecule has 5 heteroatoms. The monoisotopic (exact) mass is 251 g/mol. The number of aryl methyl sites for hydroxylation is 1. The Labute approximate surface area is 108 Å². The van der Waals surface area contributed by atoms with Crippen LogP contribution in [0, 0.1) is 0 Å². The van der Waals surface area contributed by atoms with Crippen molar-refractivity contribution in [3.63, 3.8) is 0 Å². The van der Waals surface area contributed by atoms with Crippen LogP contribution in [-0.4, -0.2) is 54.5 Å². The Balaban J connectivity index is 2.63. The Hall–Kier alpha value is -1.62. The van der Waals surface area contributed by atoms with E-state index in [4.69, 9.17) is 0 Å². The average molecular weight is 251 g/mol. The zero-order chi connectivity index (χ0) is 13.7. The lowest BCUT2D eigenvalue weighted by atomic mass is 10.2. The van der Waals surface area contributed by atoms with Crippen LogP contribution in [0.2, 0.25) is 0 Å². The van der Waals surface area contributed by atoms with Crippen molar-refractivity contribution < 1.29 is 4.79 Å². The molecule has 0 saturated heterocycles. The SMILES string of the molecule is CN(C)CCCN(C)C(=O)c1ccn(C)c(=O)c1. The van der Waals surface area contributed by atoms with Crippen LogP contribution in [0.3, 0.4) is 0 Å². The quantitative estimate of drug-likeness (QED) is 0.761. The first-order valence-corrected chi connectivity index (χ1v) is 5.98. The molecule has 0 fully saturated rings. The van der Waals surface area contributed by atoms with Crippen molar-refractivity contribution in [3.8, 4) is 0 Å². The first kappa shape index (κ1) is 14.4. The number of rotatable bonds is 5. The highest BCUT2D eigenvalue weighted by molar-refractivity contribution is 5.93. The minimum absolute atomic E-state index is 0.105. The van der Waals surface area contributed by atoms with E-state index in [2.05, 4.69) is 4.90 Å². The maximum absolute atomic E-state index is 12.0. The molecule has 1 aromatic rings. The Morgan fingerprint density at radius 1 is 1.28 bits per heavy atom. The second kappa shape index (κ2) is 6.35. The number of nitrogens with zero attached hydrogens (tertiary/aromatic N) is 3. The molecule has 18 heavy (non-hydrogen) atoms. The van der Waals surface area contributed by atoms with Crippen molar-refractivity contribution in [2.45, 2.75) is 6.42 Å². The van der Waals surface area contributed by atoms with E-state index in [-0.39, 0.29) is 11.5 Å². The second-order valence-electron chi connectivity index (χ2n) is 4.75. The summed E-state index contributed by atoms with van der Waals surface area (Å²) in [6.07, 6.45) is 2.53. The average Bonchev–Trinajstić information content (AvgIpc) is 2.31. The second-order valence-corrected chi connectivity index (χ2v) is 4.75. The lowest BCUT2D eigenvalue weighted by Gasteiger charge is -2.18. The summed E-state index contributed by atoms with van der Waals surface area (Å²) in [6, 6.07) is 3.05. The smallest absolute Gasteiger partial charge is 0.253 e. The lowest BCUT2D eigenvalue weighted by Crippen LogP contribution is -2.31. The molecule has 0 aromatic carbocycles. The molecule has 0 atom stereocenters. The van der Waals surface area contributed by atoms with Crippen molar-refractivity contribution in [3.05, 3.63) is 34.2 Å². The number of carbonyl (C=O) groups is 1. The van der Waals surface area contributed by atoms with E-state index in [1.54, 1.807) is 31.3 Å². The maximum atomic E-state index is 12.0. The Morgan fingerprint density at radius 2 is 1.94 bits per heavy atom. The Kier molecular flexibility index (Phi) is 5.09. The van der Waals surface area contributed by atoms with Gasteiger partial charge < -0.3 is 14.4 Å². The molecule has 5 nitrogen and oxygen atoms in total. The molecule has 0 saturated carbocycles. The molecule has 1 amide bonds. The van der Waals surface area contributed by atoms with Crippen LogP contribution in [-0.2, 0) is 7.05 Å². The van der Waals surface area contributed by atoms with Gasteiger partial charge >= 0.3 is 0 Å². The Bertz CT molecular complexity index is 466. The van der Waals surface area contributed by atoms with Gasteiger partial charge in [-0.05, 0) is 33.1 Å². The summed E-state index contributed by atoms with van der Waals surface area (Å²) >= 11 is 0.